The van der Waals surface area contributed by atoms with Crippen molar-refractivity contribution in [1.82, 2.24) is 9.55 Å². The number of nitrogens with zero attached hydrogens (tertiary/aromatic N) is 2. The lowest BCUT2D eigenvalue weighted by Gasteiger charge is -2.13. The molecule has 0 aliphatic carbocycles. The molecule has 0 aliphatic rings. The minimum atomic E-state index is -0.357. The van der Waals surface area contributed by atoms with E-state index in [1.165, 1.54) is 7.11 Å². The lowest BCUT2D eigenvalue weighted by atomic mass is 10.1. The van der Waals surface area contributed by atoms with Gasteiger partial charge in [-0.3, -0.25) is 9.59 Å². The molecule has 1 amide bonds. The van der Waals surface area contributed by atoms with E-state index in [1.807, 2.05) is 60.0 Å². The third-order valence-corrected chi connectivity index (χ3v) is 5.64. The van der Waals surface area contributed by atoms with Gasteiger partial charge in [0.2, 0.25) is 0 Å². The van der Waals surface area contributed by atoms with Gasteiger partial charge in [-0.05, 0) is 42.7 Å². The van der Waals surface area contributed by atoms with E-state index >= 15 is 0 Å². The first-order chi connectivity index (χ1) is 15.4. The number of methoxy groups -OCH3 is 1. The first-order valence-corrected chi connectivity index (χ1v) is 11.1. The highest BCUT2D eigenvalue weighted by Crippen LogP contribution is 2.22. The predicted octanol–water partition coefficient (Wildman–Crippen LogP) is 5.20. The fourth-order valence-electron chi connectivity index (χ4n) is 3.50. The molecular formula is C25H28ClN3O3. The summed E-state index contributed by atoms with van der Waals surface area (Å²) in [5.74, 6) is 0.358. The molecule has 1 aromatic heterocycles. The predicted molar refractivity (Wildman–Crippen MR) is 126 cm³/mol. The number of carbonyl (C=O) groups excluding carboxylic acids is 2. The van der Waals surface area contributed by atoms with Gasteiger partial charge >= 0.3 is 5.97 Å². The molecule has 2 aromatic carbocycles. The van der Waals surface area contributed by atoms with Crippen molar-refractivity contribution in [2.75, 3.05) is 12.4 Å². The molecule has 0 atom stereocenters. The third kappa shape index (κ3) is 5.77. The highest BCUT2D eigenvalue weighted by Gasteiger charge is 2.19. The first kappa shape index (κ1) is 23.5. The summed E-state index contributed by atoms with van der Waals surface area (Å²) in [6, 6.07) is 15.1. The smallest absolute Gasteiger partial charge is 0.311 e. The zero-order chi connectivity index (χ0) is 23.1. The van der Waals surface area contributed by atoms with Gasteiger partial charge < -0.3 is 14.6 Å². The lowest BCUT2D eigenvalue weighted by Crippen LogP contribution is -2.14. The van der Waals surface area contributed by atoms with E-state index in [4.69, 9.17) is 16.3 Å². The van der Waals surface area contributed by atoms with Crippen LogP contribution in [0.3, 0.4) is 0 Å². The monoisotopic (exact) mass is 453 g/mol. The van der Waals surface area contributed by atoms with E-state index in [0.717, 1.165) is 36.2 Å². The highest BCUT2D eigenvalue weighted by molar-refractivity contribution is 6.30. The maximum absolute atomic E-state index is 12.6. The molecule has 0 unspecified atom stereocenters. The minimum Gasteiger partial charge on any atom is -0.469 e. The van der Waals surface area contributed by atoms with E-state index in [9.17, 15) is 9.59 Å². The van der Waals surface area contributed by atoms with E-state index in [-0.39, 0.29) is 18.3 Å². The number of hydrogen-bond donors (Lipinski definition) is 1. The average Bonchev–Trinajstić information content (AvgIpc) is 3.07. The molecule has 0 spiro atoms. The van der Waals surface area contributed by atoms with Gasteiger partial charge in [0.1, 0.15) is 5.82 Å². The minimum absolute atomic E-state index is 0.0685. The maximum atomic E-state index is 12.6. The molecule has 168 valence electrons. The maximum Gasteiger partial charge on any atom is 0.311 e. The molecule has 3 aromatic rings. The van der Waals surface area contributed by atoms with Gasteiger partial charge in [-0.1, -0.05) is 55.3 Å². The van der Waals surface area contributed by atoms with Crippen LogP contribution >= 0.6 is 11.6 Å². The van der Waals surface area contributed by atoms with Gasteiger partial charge in [0.15, 0.2) is 5.15 Å². The standard InChI is InChI=1S/C25H28ClN3O3/c1-4-5-10-22-28-24(26)21(15-23(30)32-3)29(22)16-18-11-13-19(14-12-18)27-25(31)20-9-7-6-8-17(20)2/h6-9,11-14H,4-5,10,15-16H2,1-3H3,(H,27,31). The number of rotatable bonds is 9. The van der Waals surface area contributed by atoms with Gasteiger partial charge in [-0.15, -0.1) is 0 Å². The van der Waals surface area contributed by atoms with Crippen LogP contribution in [0, 0.1) is 6.92 Å². The normalized spacial score (nSPS) is 10.8. The van der Waals surface area contributed by atoms with Crippen molar-refractivity contribution in [2.45, 2.75) is 46.1 Å². The Labute approximate surface area is 193 Å². The highest BCUT2D eigenvalue weighted by atomic mass is 35.5. The summed E-state index contributed by atoms with van der Waals surface area (Å²) in [4.78, 5) is 28.9. The summed E-state index contributed by atoms with van der Waals surface area (Å²) in [6.45, 7) is 4.56. The molecule has 0 aliphatic heterocycles. The van der Waals surface area contributed by atoms with Crippen LogP contribution in [0.5, 0.6) is 0 Å². The number of imidazole rings is 1. The molecule has 1 heterocycles. The zero-order valence-corrected chi connectivity index (χ0v) is 19.4. The number of halogens is 1. The van der Waals surface area contributed by atoms with Crippen molar-refractivity contribution < 1.29 is 14.3 Å². The Hall–Kier alpha value is -3.12. The van der Waals surface area contributed by atoms with Crippen LogP contribution in [0.15, 0.2) is 48.5 Å². The van der Waals surface area contributed by atoms with Gasteiger partial charge in [-0.25, -0.2) is 4.98 Å². The second-order valence-electron chi connectivity index (χ2n) is 7.67. The number of unbranched alkanes of at least 4 members (excludes halogenated alkanes) is 1. The van der Waals surface area contributed by atoms with Crippen molar-refractivity contribution in [3.8, 4) is 0 Å². The molecular weight excluding hydrogens is 426 g/mol. The molecule has 6 nitrogen and oxygen atoms in total. The number of esters is 1. The Morgan fingerprint density at radius 1 is 1.12 bits per heavy atom. The molecule has 3 rings (SSSR count). The topological polar surface area (TPSA) is 73.2 Å². The summed E-state index contributed by atoms with van der Waals surface area (Å²) >= 11 is 6.36. The van der Waals surface area contributed by atoms with Crippen LogP contribution < -0.4 is 5.32 Å². The molecule has 1 N–H and O–H groups in total. The van der Waals surface area contributed by atoms with Crippen LogP contribution in [0.1, 0.15) is 52.8 Å². The molecule has 0 bridgehead atoms. The number of benzene rings is 2. The van der Waals surface area contributed by atoms with E-state index in [1.54, 1.807) is 0 Å². The molecule has 0 saturated carbocycles. The number of nitrogens with one attached hydrogen (secondary N) is 1. The van der Waals surface area contributed by atoms with Crippen molar-refractivity contribution in [3.63, 3.8) is 0 Å². The number of anilines is 1. The number of carbonyl (C=O) groups is 2. The molecule has 0 fully saturated rings. The number of aryl methyl sites for hydroxylation is 2. The van der Waals surface area contributed by atoms with Gasteiger partial charge in [0.25, 0.3) is 5.91 Å². The van der Waals surface area contributed by atoms with Crippen LogP contribution in [0.25, 0.3) is 0 Å². The summed E-state index contributed by atoms with van der Waals surface area (Å²) < 4.78 is 6.82. The molecule has 0 saturated heterocycles. The zero-order valence-electron chi connectivity index (χ0n) is 18.7. The lowest BCUT2D eigenvalue weighted by molar-refractivity contribution is -0.139. The van der Waals surface area contributed by atoms with E-state index in [0.29, 0.717) is 28.6 Å². The molecule has 32 heavy (non-hydrogen) atoms. The van der Waals surface area contributed by atoms with Crippen molar-refractivity contribution in [1.29, 1.82) is 0 Å². The molecule has 7 heteroatoms. The van der Waals surface area contributed by atoms with E-state index < -0.39 is 0 Å². The fourth-order valence-corrected chi connectivity index (χ4v) is 3.76. The fraction of sp³-hybridized carbons (Fsp3) is 0.320. The third-order valence-electron chi connectivity index (χ3n) is 5.34. The average molecular weight is 454 g/mol. The Kier molecular flexibility index (Phi) is 8.06. The van der Waals surface area contributed by atoms with Crippen LogP contribution in [-0.4, -0.2) is 28.5 Å². The van der Waals surface area contributed by atoms with Crippen molar-refractivity contribution in [3.05, 3.63) is 81.9 Å². The number of ether oxygens (including phenoxy) is 1. The Bertz CT molecular complexity index is 1090. The first-order valence-electron chi connectivity index (χ1n) is 10.7. The summed E-state index contributed by atoms with van der Waals surface area (Å²) in [5.41, 5.74) is 3.96. The van der Waals surface area contributed by atoms with E-state index in [2.05, 4.69) is 17.2 Å². The Morgan fingerprint density at radius 3 is 2.50 bits per heavy atom. The van der Waals surface area contributed by atoms with Crippen LogP contribution in [0.4, 0.5) is 5.69 Å². The second-order valence-corrected chi connectivity index (χ2v) is 8.03. The van der Waals surface area contributed by atoms with Crippen LogP contribution in [0.2, 0.25) is 5.15 Å². The number of amides is 1. The summed E-state index contributed by atoms with van der Waals surface area (Å²) in [5, 5.41) is 3.27. The number of hydrogen-bond acceptors (Lipinski definition) is 4. The Balaban J connectivity index is 1.79. The van der Waals surface area contributed by atoms with Crippen LogP contribution in [-0.2, 0) is 28.9 Å². The van der Waals surface area contributed by atoms with Gasteiger partial charge in [0.05, 0.1) is 19.2 Å². The van der Waals surface area contributed by atoms with Gasteiger partial charge in [-0.2, -0.15) is 0 Å². The summed E-state index contributed by atoms with van der Waals surface area (Å²) in [6.07, 6.45) is 2.86. The number of aromatic nitrogens is 2. The quantitative estimate of drug-likeness (QED) is 0.452. The largest absolute Gasteiger partial charge is 0.469 e. The second kappa shape index (κ2) is 11.0. The SMILES string of the molecule is CCCCc1nc(Cl)c(CC(=O)OC)n1Cc1ccc(NC(=O)c2ccccc2C)cc1. The van der Waals surface area contributed by atoms with Crippen molar-refractivity contribution >= 4 is 29.2 Å². The summed E-state index contributed by atoms with van der Waals surface area (Å²) in [7, 11) is 1.36. The molecule has 0 radical (unpaired) electrons. The van der Waals surface area contributed by atoms with Gasteiger partial charge in [0, 0.05) is 24.2 Å². The van der Waals surface area contributed by atoms with Crippen molar-refractivity contribution in [2.24, 2.45) is 0 Å². The Morgan fingerprint density at radius 2 is 1.84 bits per heavy atom.